The molecule has 1 radical (unpaired) electrons. The van der Waals surface area contributed by atoms with E-state index in [0.29, 0.717) is 0 Å². The van der Waals surface area contributed by atoms with Crippen molar-refractivity contribution in [3.63, 3.8) is 0 Å². The molecular weight excluding hydrogens is 791 g/mol. The molecule has 1 aliphatic rings. The second-order valence-corrected chi connectivity index (χ2v) is 25.9. The molecular formula is C40H56IrNO3Si2-. The number of hydrogen-bond acceptors (Lipinski definition) is 4. The predicted octanol–water partition coefficient (Wildman–Crippen LogP) is 10.4. The van der Waals surface area contributed by atoms with Gasteiger partial charge in [0.25, 0.3) is 0 Å². The monoisotopic (exact) mass is 847 g/mol. The van der Waals surface area contributed by atoms with Crippen molar-refractivity contribution in [2.24, 2.45) is 11.8 Å². The zero-order valence-electron chi connectivity index (χ0n) is 31.0. The summed E-state index contributed by atoms with van der Waals surface area (Å²) in [7, 11) is -3.25. The molecule has 0 spiro atoms. The van der Waals surface area contributed by atoms with Crippen molar-refractivity contribution < 1.29 is 34.4 Å². The number of benzene rings is 2. The Morgan fingerprint density at radius 3 is 1.98 bits per heavy atom. The van der Waals surface area contributed by atoms with Crippen LogP contribution in [0.1, 0.15) is 83.9 Å². The van der Waals surface area contributed by atoms with E-state index in [1.54, 1.807) is 0 Å². The van der Waals surface area contributed by atoms with Crippen LogP contribution in [0.4, 0.5) is 0 Å². The smallest absolute Gasteiger partial charge is 0.162 e. The molecule has 0 bridgehead atoms. The molecule has 2 aromatic heterocycles. The zero-order chi connectivity index (χ0) is 34.4. The van der Waals surface area contributed by atoms with Crippen LogP contribution in [0.3, 0.4) is 0 Å². The van der Waals surface area contributed by atoms with Crippen LogP contribution in [-0.4, -0.2) is 32.0 Å². The van der Waals surface area contributed by atoms with Gasteiger partial charge in [-0.05, 0) is 52.7 Å². The minimum absolute atomic E-state index is 0. The SMILES string of the molecule is CCC(CC)C(=O)/C=C(\O)C(CC)CC.Cc1c[c-]c2c(c1)C(C)(C)c1ccc([Si](C)(C)C)c3oc4c([Si](C)(C)C)cnc-2c4c13.[Ir]. The van der Waals surface area contributed by atoms with Gasteiger partial charge in [0.15, 0.2) is 5.78 Å². The average molecular weight is 847 g/mol. The summed E-state index contributed by atoms with van der Waals surface area (Å²) in [4.78, 5) is 16.8. The fraction of sp³-hybridized carbons (Fsp3) is 0.500. The first-order chi connectivity index (χ1) is 21.4. The molecule has 1 aliphatic carbocycles. The molecule has 4 nitrogen and oxygen atoms in total. The number of ketones is 1. The largest absolute Gasteiger partial charge is 0.512 e. The number of nitrogens with zero attached hydrogens (tertiary/aromatic N) is 1. The standard InChI is InChI=1S/C27H32NOSi2.C13H24O2.Ir/c1-16-10-11-17-19(14-16)27(2,3)18-12-13-20(30(4,5)6)25-22(18)23-24(17)28-15-21(26(23)29-25)31(7,8)9;1-5-10(6-2)12(14)9-13(15)11(7-3)8-4;/h10,12-15H,1-9H3;9-11,14H,5-8H2,1-4H3;/q-1;;/b;12-9-;. The maximum Gasteiger partial charge on any atom is 0.162 e. The van der Waals surface area contributed by atoms with Gasteiger partial charge in [-0.15, -0.1) is 34.9 Å². The molecule has 0 saturated carbocycles. The van der Waals surface area contributed by atoms with Crippen molar-refractivity contribution in [2.45, 2.75) is 119 Å². The molecule has 7 heteroatoms. The van der Waals surface area contributed by atoms with Gasteiger partial charge in [-0.25, -0.2) is 0 Å². The Bertz CT molecular complexity index is 1780. The Balaban J connectivity index is 0.000000322. The third kappa shape index (κ3) is 7.49. The number of carbonyl (C=O) groups excluding carboxylic acids is 1. The minimum Gasteiger partial charge on any atom is -0.512 e. The number of carbonyl (C=O) groups is 1. The Morgan fingerprint density at radius 2 is 1.45 bits per heavy atom. The van der Waals surface area contributed by atoms with Crippen LogP contribution in [-0.2, 0) is 30.3 Å². The van der Waals surface area contributed by atoms with Crippen LogP contribution >= 0.6 is 0 Å². The van der Waals surface area contributed by atoms with Crippen LogP contribution < -0.4 is 10.4 Å². The summed E-state index contributed by atoms with van der Waals surface area (Å²) in [5.74, 6) is 0.547. The third-order valence-electron chi connectivity index (χ3n) is 10.0. The van der Waals surface area contributed by atoms with Crippen molar-refractivity contribution in [1.82, 2.24) is 4.98 Å². The van der Waals surface area contributed by atoms with E-state index in [1.165, 1.54) is 43.9 Å². The van der Waals surface area contributed by atoms with Crippen LogP contribution in [0.5, 0.6) is 0 Å². The van der Waals surface area contributed by atoms with Crippen molar-refractivity contribution in [3.8, 4) is 11.3 Å². The van der Waals surface area contributed by atoms with Crippen molar-refractivity contribution >= 4 is 54.2 Å². The molecule has 1 N–H and O–H groups in total. The summed E-state index contributed by atoms with van der Waals surface area (Å²) in [6, 6.07) is 12.7. The topological polar surface area (TPSA) is 63.3 Å². The molecule has 2 heterocycles. The second-order valence-electron chi connectivity index (χ2n) is 15.8. The van der Waals surface area contributed by atoms with E-state index < -0.39 is 16.1 Å². The number of fused-ring (bicyclic) bond motifs is 2. The van der Waals surface area contributed by atoms with Gasteiger partial charge in [0.05, 0.1) is 21.9 Å². The molecule has 0 saturated heterocycles. The Hall–Kier alpha value is -2.32. The van der Waals surface area contributed by atoms with E-state index >= 15 is 0 Å². The Morgan fingerprint density at radius 1 is 0.894 bits per heavy atom. The molecule has 47 heavy (non-hydrogen) atoms. The summed E-state index contributed by atoms with van der Waals surface area (Å²) >= 11 is 0. The van der Waals surface area contributed by atoms with Gasteiger partial charge in [-0.1, -0.05) is 99.9 Å². The minimum atomic E-state index is -1.65. The molecule has 5 rings (SSSR count). The van der Waals surface area contributed by atoms with Gasteiger partial charge in [0.1, 0.15) is 11.2 Å². The number of furan rings is 1. The number of aliphatic hydroxyl groups is 1. The van der Waals surface area contributed by atoms with E-state index in [-0.39, 0.29) is 48.9 Å². The first-order valence-corrected chi connectivity index (χ1v) is 24.3. The zero-order valence-corrected chi connectivity index (χ0v) is 35.4. The maximum atomic E-state index is 11.7. The van der Waals surface area contributed by atoms with Gasteiger partial charge >= 0.3 is 0 Å². The van der Waals surface area contributed by atoms with Crippen molar-refractivity contribution in [2.75, 3.05) is 0 Å². The van der Waals surface area contributed by atoms with Gasteiger partial charge in [0.2, 0.25) is 0 Å². The summed E-state index contributed by atoms with van der Waals surface area (Å²) in [5, 5.41) is 15.0. The molecule has 0 aliphatic heterocycles. The van der Waals surface area contributed by atoms with Gasteiger partial charge in [-0.2, -0.15) is 0 Å². The van der Waals surface area contributed by atoms with Gasteiger partial charge < -0.3 is 14.5 Å². The number of allylic oxidation sites excluding steroid dienone is 2. The van der Waals surface area contributed by atoms with Gasteiger partial charge in [0, 0.05) is 55.0 Å². The van der Waals surface area contributed by atoms with Crippen molar-refractivity contribution in [1.29, 1.82) is 0 Å². The average Bonchev–Trinajstić information content (AvgIpc) is 3.33. The Labute approximate surface area is 299 Å². The normalized spacial score (nSPS) is 14.2. The summed E-state index contributed by atoms with van der Waals surface area (Å²) in [6.45, 7) is 29.3. The quantitative estimate of drug-likeness (QED) is 0.0789. The molecule has 4 aromatic rings. The third-order valence-corrected chi connectivity index (χ3v) is 14.0. The molecule has 0 unspecified atom stereocenters. The predicted molar refractivity (Wildman–Crippen MR) is 202 cm³/mol. The molecule has 0 fully saturated rings. The van der Waals surface area contributed by atoms with E-state index in [0.717, 1.165) is 48.1 Å². The molecule has 257 valence electrons. The van der Waals surface area contributed by atoms with Gasteiger partial charge in [-0.3, -0.25) is 4.79 Å². The van der Waals surface area contributed by atoms with E-state index in [9.17, 15) is 9.90 Å². The summed E-state index contributed by atoms with van der Waals surface area (Å²) in [5.41, 5.74) is 8.04. The summed E-state index contributed by atoms with van der Waals surface area (Å²) < 4.78 is 6.87. The second kappa shape index (κ2) is 14.7. The number of aryl methyl sites for hydroxylation is 1. The fourth-order valence-corrected chi connectivity index (χ4v) is 9.67. The first-order valence-electron chi connectivity index (χ1n) is 17.3. The number of aliphatic hydroxyl groups excluding tert-OH is 1. The van der Waals surface area contributed by atoms with E-state index in [2.05, 4.69) is 96.6 Å². The summed E-state index contributed by atoms with van der Waals surface area (Å²) in [6.07, 6.45) is 7.00. The number of aromatic nitrogens is 1. The number of pyridine rings is 1. The maximum absolute atomic E-state index is 11.7. The Kier molecular flexibility index (Phi) is 12.2. The van der Waals surface area contributed by atoms with Crippen LogP contribution in [0.25, 0.3) is 33.2 Å². The fourth-order valence-electron chi connectivity index (χ4n) is 6.93. The molecule has 0 atom stereocenters. The van der Waals surface area contributed by atoms with Crippen molar-refractivity contribution in [3.05, 3.63) is 65.1 Å². The van der Waals surface area contributed by atoms with E-state index in [4.69, 9.17) is 9.40 Å². The van der Waals surface area contributed by atoms with Crippen LogP contribution in [0.2, 0.25) is 39.3 Å². The van der Waals surface area contributed by atoms with E-state index in [1.807, 2.05) is 27.7 Å². The first kappa shape index (κ1) is 39.1. The van der Waals surface area contributed by atoms with Crippen LogP contribution in [0.15, 0.2) is 46.7 Å². The molecule has 0 amide bonds. The van der Waals surface area contributed by atoms with Crippen LogP contribution in [0, 0.1) is 24.8 Å². The molecule has 2 aromatic carbocycles. The number of hydrogen-bond donors (Lipinski definition) is 1. The number of rotatable bonds is 9.